The molecule has 12 nitrogen and oxygen atoms in total. The quantitative estimate of drug-likeness (QED) is 0.101. The summed E-state index contributed by atoms with van der Waals surface area (Å²) in [5.41, 5.74) is 31.9. The van der Waals surface area contributed by atoms with Crippen molar-refractivity contribution in [3.8, 4) is 44.5 Å². The van der Waals surface area contributed by atoms with Crippen molar-refractivity contribution in [1.29, 1.82) is 0 Å². The van der Waals surface area contributed by atoms with Gasteiger partial charge in [-0.1, -0.05) is 97.1 Å². The molecule has 28 rings (SSSR count). The van der Waals surface area contributed by atoms with Gasteiger partial charge in [0.15, 0.2) is 0 Å². The number of benzene rings is 8. The Bertz CT molecular complexity index is 5260. The summed E-state index contributed by atoms with van der Waals surface area (Å²) in [5, 5.41) is 3.74. The number of amides is 1. The van der Waals surface area contributed by atoms with Gasteiger partial charge in [0, 0.05) is 24.9 Å². The lowest BCUT2D eigenvalue weighted by Gasteiger charge is -2.27. The predicted molar refractivity (Wildman–Crippen MR) is 411 cm³/mol. The van der Waals surface area contributed by atoms with Gasteiger partial charge in [0.1, 0.15) is 28.9 Å². The van der Waals surface area contributed by atoms with Crippen LogP contribution in [0.3, 0.4) is 0 Å². The van der Waals surface area contributed by atoms with Crippen molar-refractivity contribution in [3.05, 3.63) is 213 Å². The molecule has 12 heteroatoms. The first-order chi connectivity index (χ1) is 50.1. The largest absolute Gasteiger partial charge is 0.444 e. The van der Waals surface area contributed by atoms with Gasteiger partial charge in [-0.3, -0.25) is 4.90 Å². The second kappa shape index (κ2) is 23.4. The lowest BCUT2D eigenvalue weighted by molar-refractivity contribution is 0.0212. The summed E-state index contributed by atoms with van der Waals surface area (Å²) in [6.07, 6.45) is 28.6. The Morgan fingerprint density at radius 1 is 0.398 bits per heavy atom. The van der Waals surface area contributed by atoms with E-state index in [1.165, 1.54) is 202 Å². The molecule has 16 aliphatic rings. The molecule has 4 aromatic heterocycles. The number of likely N-dealkylation sites (tertiary alicyclic amines) is 1. The first kappa shape index (κ1) is 62.4. The number of H-pyrrole nitrogens is 4. The number of fused-ring (bicyclic) bond motifs is 4. The van der Waals surface area contributed by atoms with Gasteiger partial charge in [0.25, 0.3) is 0 Å². The molecule has 2 aliphatic heterocycles. The maximum Gasteiger partial charge on any atom is 0.410 e. The van der Waals surface area contributed by atoms with Crippen LogP contribution in [-0.4, -0.2) is 69.6 Å². The maximum atomic E-state index is 13.3. The first-order valence-corrected chi connectivity index (χ1v) is 39.3. The second-order valence-corrected chi connectivity index (χ2v) is 35.2. The molecule has 6 saturated carbocycles. The summed E-state index contributed by atoms with van der Waals surface area (Å²) >= 11 is 0. The molecule has 4 spiro atoms. The Labute approximate surface area is 603 Å². The number of nitrogens with one attached hydrogen (secondary N) is 5. The Morgan fingerprint density at radius 2 is 0.767 bits per heavy atom. The molecule has 4 atom stereocenters. The highest BCUT2D eigenvalue weighted by Gasteiger charge is 2.56. The van der Waals surface area contributed by atoms with E-state index in [1.54, 1.807) is 0 Å². The molecular weight excluding hydrogens is 1270 g/mol. The fourth-order valence-corrected chi connectivity index (χ4v) is 19.8. The zero-order chi connectivity index (χ0) is 68.6. The summed E-state index contributed by atoms with van der Waals surface area (Å²) in [7, 11) is 0. The van der Waals surface area contributed by atoms with Crippen molar-refractivity contribution in [3.63, 3.8) is 0 Å². The minimum atomic E-state index is -0.534. The number of hydrogen-bond donors (Lipinski definition) is 5. The smallest absolute Gasteiger partial charge is 0.410 e. The maximum absolute atomic E-state index is 13.3. The van der Waals surface area contributed by atoms with Crippen LogP contribution in [0.4, 0.5) is 4.79 Å². The standard InChI is InChI=1S/C48H51N5O2.C43H43N5/c1-46(2,3)55-45(54)53-28-48(20-21-48)27-42(53)44-50-39-15-13-34(25-41(39)52-44)37-23-30-5-9-31-8-4-29(6-10-32(37)11-7-30)22-36(31)33-12-14-38-40(24-33)51-43(49-38)35-16-17-47(26-35)18-19-47;1-5-28-6-2-27-4-8-29(34(20-27)31-10-12-36-38(22-31)48-41(46-36)39-24-43(17-18-43)25-44-39)7-3-26(1)19-33(28)30-9-11-35-37(21-30)47-40(45-35)32-13-14-42(23-32)15-16-42/h4,7-8,11-15,22-25,35,42H,5-6,9-10,16-21,26-28H2,1-3H3,(H,49,51)(H,50,52);1,4-5,8-12,19-22,32,39,44H,2-3,6-7,13-18,23-25H2,(H,45,47)(H,46,48)/t35-,42?;32-,39?/m00/s1. The Hall–Kier alpha value is -9.13. The van der Waals surface area contributed by atoms with Crippen LogP contribution in [0.5, 0.6) is 0 Å². The van der Waals surface area contributed by atoms with Crippen LogP contribution < -0.4 is 5.32 Å². The number of ether oxygens (including phenoxy) is 1. The van der Waals surface area contributed by atoms with Crippen LogP contribution >= 0.6 is 0 Å². The molecule has 5 N–H and O–H groups in total. The third-order valence-electron chi connectivity index (χ3n) is 26.8. The van der Waals surface area contributed by atoms with Crippen LogP contribution in [0.15, 0.2) is 146 Å². The third-order valence-corrected chi connectivity index (χ3v) is 26.8. The number of hydrogen-bond acceptors (Lipinski definition) is 7. The van der Waals surface area contributed by atoms with Crippen molar-refractivity contribution in [1.82, 2.24) is 50.1 Å². The molecule has 8 fully saturated rings. The minimum absolute atomic E-state index is 0.0979. The number of aromatic nitrogens is 8. The van der Waals surface area contributed by atoms with Crippen molar-refractivity contribution >= 4 is 50.2 Å². The van der Waals surface area contributed by atoms with E-state index in [0.717, 1.165) is 121 Å². The third kappa shape index (κ3) is 11.8. The fourth-order valence-electron chi connectivity index (χ4n) is 19.8. The van der Waals surface area contributed by atoms with Crippen LogP contribution in [0.25, 0.3) is 88.6 Å². The summed E-state index contributed by atoms with van der Waals surface area (Å²) in [5.74, 6) is 5.57. The molecule has 6 heterocycles. The van der Waals surface area contributed by atoms with Crippen molar-refractivity contribution < 1.29 is 9.53 Å². The fraction of sp³-hybridized carbons (Fsp3) is 0.418. The van der Waals surface area contributed by atoms with Gasteiger partial charge < -0.3 is 30.0 Å². The van der Waals surface area contributed by atoms with Gasteiger partial charge in [-0.15, -0.1) is 0 Å². The van der Waals surface area contributed by atoms with E-state index in [2.05, 4.69) is 171 Å². The highest BCUT2D eigenvalue weighted by molar-refractivity contribution is 5.87. The SMILES string of the molecule is CC(C)(C)OC(=O)N1CC2(CC2)CC1c1nc2ccc(-c3cc4ccc3CCc3ccc(c(-c5ccc6nc([C@H]7CCC8(CC8)C7)[nH]c6c5)c3)CC4)cc2[nH]1.c1cc2c(-c3ccc4nc(C5CC6(CC6)CN5)[nH]c4c3)cc1CCc1ccc(cc1-c1ccc3nc([C@H]4CCC5(CC5)C4)[nH]c3c1)CC2. The topological polar surface area (TPSA) is 156 Å². The molecule has 1 amide bonds. The number of nitrogens with zero attached hydrogens (tertiary/aromatic N) is 5. The zero-order valence-corrected chi connectivity index (χ0v) is 60.1. The molecule has 8 aromatic carbocycles. The van der Waals surface area contributed by atoms with Crippen molar-refractivity contribution in [2.24, 2.45) is 21.7 Å². The van der Waals surface area contributed by atoms with E-state index < -0.39 is 5.60 Å². The molecule has 2 unspecified atom stereocenters. The molecule has 8 bridgehead atoms. The molecule has 2 saturated heterocycles. The van der Waals surface area contributed by atoms with Gasteiger partial charge in [-0.2, -0.15) is 0 Å². The number of carbonyl (C=O) groups excluding carboxylic acids is 1. The minimum Gasteiger partial charge on any atom is -0.444 e. The number of imidazole rings is 4. The average Bonchev–Trinajstić information content (AvgIpc) is 1.59. The Morgan fingerprint density at radius 3 is 1.14 bits per heavy atom. The summed E-state index contributed by atoms with van der Waals surface area (Å²) in [6, 6.07) is 56.2. The predicted octanol–water partition coefficient (Wildman–Crippen LogP) is 20.7. The van der Waals surface area contributed by atoms with Crippen LogP contribution in [0, 0.1) is 21.7 Å². The summed E-state index contributed by atoms with van der Waals surface area (Å²) in [6.45, 7) is 7.69. The molecule has 14 aliphatic carbocycles. The number of carbonyl (C=O) groups is 1. The van der Waals surface area contributed by atoms with Crippen molar-refractivity contribution in [2.45, 2.75) is 204 Å². The monoisotopic (exact) mass is 1360 g/mol. The van der Waals surface area contributed by atoms with Crippen LogP contribution in [0.2, 0.25) is 0 Å². The number of aromatic amines is 4. The van der Waals surface area contributed by atoms with E-state index in [9.17, 15) is 4.79 Å². The highest BCUT2D eigenvalue weighted by atomic mass is 16.6. The Balaban J connectivity index is 0.000000135. The van der Waals surface area contributed by atoms with Gasteiger partial charge in [0.2, 0.25) is 0 Å². The van der Waals surface area contributed by atoms with Gasteiger partial charge >= 0.3 is 6.09 Å². The van der Waals surface area contributed by atoms with Gasteiger partial charge in [-0.25, -0.2) is 24.7 Å². The highest BCUT2D eigenvalue weighted by Crippen LogP contribution is 2.63. The lowest BCUT2D eigenvalue weighted by atomic mass is 9.87. The lowest BCUT2D eigenvalue weighted by Crippen LogP contribution is -2.37. The van der Waals surface area contributed by atoms with E-state index in [4.69, 9.17) is 24.7 Å². The van der Waals surface area contributed by atoms with Crippen LogP contribution in [0.1, 0.15) is 215 Å². The summed E-state index contributed by atoms with van der Waals surface area (Å²) in [4.78, 5) is 50.4. The molecule has 103 heavy (non-hydrogen) atoms. The Kier molecular flexibility index (Phi) is 14.2. The normalized spacial score (nSPS) is 22.8. The van der Waals surface area contributed by atoms with E-state index in [-0.39, 0.29) is 17.6 Å². The zero-order valence-electron chi connectivity index (χ0n) is 60.1. The van der Waals surface area contributed by atoms with E-state index in [1.807, 2.05) is 25.7 Å². The molecule has 520 valence electrons. The number of rotatable bonds is 8. The first-order valence-electron chi connectivity index (χ1n) is 39.3. The molecule has 0 radical (unpaired) electrons. The summed E-state index contributed by atoms with van der Waals surface area (Å²) < 4.78 is 5.85. The average molecular weight is 1360 g/mol. The van der Waals surface area contributed by atoms with Crippen LogP contribution in [-0.2, 0) is 56.1 Å². The van der Waals surface area contributed by atoms with E-state index in [0.29, 0.717) is 34.1 Å². The number of aryl methyl sites for hydroxylation is 8. The van der Waals surface area contributed by atoms with Gasteiger partial charge in [0.05, 0.1) is 56.2 Å². The van der Waals surface area contributed by atoms with E-state index >= 15 is 0 Å². The van der Waals surface area contributed by atoms with Gasteiger partial charge in [-0.05, 0) is 334 Å². The van der Waals surface area contributed by atoms with Crippen molar-refractivity contribution in [2.75, 3.05) is 13.1 Å². The molecular formula is C91H94N10O2. The molecule has 12 aromatic rings. The second-order valence-electron chi connectivity index (χ2n) is 35.2.